The number of nitrogens with zero attached hydrogens (tertiary/aromatic N) is 1. The zero-order valence-electron chi connectivity index (χ0n) is 14.7. The lowest BCUT2D eigenvalue weighted by Gasteiger charge is -2.19. The summed E-state index contributed by atoms with van der Waals surface area (Å²) in [6.07, 6.45) is 1.64. The molecule has 0 spiro atoms. The number of ketones is 1. The fourth-order valence-corrected chi connectivity index (χ4v) is 3.60. The minimum atomic E-state index is -1.01. The number of aliphatic imine (C=N–C) groups is 1. The van der Waals surface area contributed by atoms with Gasteiger partial charge in [0.1, 0.15) is 22.6 Å². The van der Waals surface area contributed by atoms with Gasteiger partial charge in [0.2, 0.25) is 0 Å². The van der Waals surface area contributed by atoms with Gasteiger partial charge in [-0.2, -0.15) is 0 Å². The van der Waals surface area contributed by atoms with Crippen LogP contribution in [-0.4, -0.2) is 27.1 Å². The van der Waals surface area contributed by atoms with Gasteiger partial charge in [0, 0.05) is 17.0 Å². The van der Waals surface area contributed by atoms with Gasteiger partial charge in [-0.05, 0) is 67.0 Å². The predicted octanol–water partition coefficient (Wildman–Crippen LogP) is 4.75. The van der Waals surface area contributed by atoms with E-state index in [1.165, 1.54) is 0 Å². The summed E-state index contributed by atoms with van der Waals surface area (Å²) in [5.74, 6) is 1.35. The van der Waals surface area contributed by atoms with Crippen molar-refractivity contribution in [2.45, 2.75) is 23.6 Å². The molecule has 2 unspecified atom stereocenters. The quantitative estimate of drug-likeness (QED) is 0.517. The van der Waals surface area contributed by atoms with E-state index in [2.05, 4.69) is 20.9 Å². The predicted molar refractivity (Wildman–Crippen MR) is 109 cm³/mol. The van der Waals surface area contributed by atoms with Crippen molar-refractivity contribution in [3.63, 3.8) is 0 Å². The van der Waals surface area contributed by atoms with Crippen molar-refractivity contribution in [2.75, 3.05) is 6.26 Å². The first-order valence-corrected chi connectivity index (χ1v) is 10.5. The van der Waals surface area contributed by atoms with Crippen molar-refractivity contribution < 1.29 is 14.1 Å². The van der Waals surface area contributed by atoms with Gasteiger partial charge in [0.25, 0.3) is 0 Å². The number of Topliss-reactive ketones (excluding diaryl/α,β-unsaturated/α-hetero) is 1. The number of rotatable bonds is 4. The van der Waals surface area contributed by atoms with E-state index in [4.69, 9.17) is 4.74 Å². The van der Waals surface area contributed by atoms with E-state index in [1.807, 2.05) is 38.1 Å². The largest absolute Gasteiger partial charge is 0.612 e. The Hall–Kier alpha value is -1.89. The fraction of sp³-hybridized carbons (Fsp3) is 0.200. The van der Waals surface area contributed by atoms with Crippen LogP contribution in [0.4, 0.5) is 0 Å². The average Bonchev–Trinajstić information content (AvgIpc) is 2.62. The molecule has 1 aliphatic rings. The normalized spacial score (nSPS) is 18.6. The summed E-state index contributed by atoms with van der Waals surface area (Å²) in [6.45, 7) is 3.69. The molecule has 0 bridgehead atoms. The monoisotopic (exact) mass is 431 g/mol. The molecule has 1 heterocycles. The lowest BCUT2D eigenvalue weighted by Crippen LogP contribution is -2.27. The highest BCUT2D eigenvalue weighted by Gasteiger charge is 2.28. The second-order valence-electron chi connectivity index (χ2n) is 5.99. The van der Waals surface area contributed by atoms with E-state index < -0.39 is 11.2 Å². The van der Waals surface area contributed by atoms with Gasteiger partial charge in [0.15, 0.2) is 10.7 Å². The molecule has 4 nitrogen and oxygen atoms in total. The molecule has 134 valence electrons. The number of hydrogen-bond donors (Lipinski definition) is 0. The molecule has 26 heavy (non-hydrogen) atoms. The van der Waals surface area contributed by atoms with Crippen LogP contribution in [0.3, 0.4) is 0 Å². The van der Waals surface area contributed by atoms with Gasteiger partial charge in [-0.25, -0.2) is 0 Å². The SMILES string of the molecule is CC1=NC(C)=C(c2ccc(Oc3ccc([S+](C)[O-])cc3)cc2)C(=O)C1Br. The third-order valence-electron chi connectivity index (χ3n) is 4.08. The summed E-state index contributed by atoms with van der Waals surface area (Å²) in [4.78, 5) is 17.4. The smallest absolute Gasteiger partial charge is 0.184 e. The molecule has 2 aromatic carbocycles. The van der Waals surface area contributed by atoms with Gasteiger partial charge in [-0.3, -0.25) is 9.79 Å². The summed E-state index contributed by atoms with van der Waals surface area (Å²) in [5.41, 5.74) is 2.93. The van der Waals surface area contributed by atoms with Gasteiger partial charge >= 0.3 is 0 Å². The van der Waals surface area contributed by atoms with Crippen LogP contribution in [0.25, 0.3) is 5.57 Å². The number of carbonyl (C=O) groups excluding carboxylic acids is 1. The Bertz CT molecular complexity index is 886. The Kier molecular flexibility index (Phi) is 5.65. The van der Waals surface area contributed by atoms with E-state index >= 15 is 0 Å². The van der Waals surface area contributed by atoms with Crippen LogP contribution in [0, 0.1) is 0 Å². The third-order valence-corrected chi connectivity index (χ3v) is 6.10. The number of carbonyl (C=O) groups is 1. The summed E-state index contributed by atoms with van der Waals surface area (Å²) >= 11 is 2.39. The maximum absolute atomic E-state index is 12.6. The van der Waals surface area contributed by atoms with Crippen LogP contribution in [0.1, 0.15) is 19.4 Å². The highest BCUT2D eigenvalue weighted by Crippen LogP contribution is 2.31. The molecule has 1 aliphatic heterocycles. The molecular formula is C20H18BrNO3S. The summed E-state index contributed by atoms with van der Waals surface area (Å²) < 4.78 is 17.2. The second-order valence-corrected chi connectivity index (χ2v) is 8.29. The minimum absolute atomic E-state index is 0.0202. The number of alkyl halides is 1. The van der Waals surface area contributed by atoms with Crippen LogP contribution < -0.4 is 4.74 Å². The maximum atomic E-state index is 12.6. The maximum Gasteiger partial charge on any atom is 0.184 e. The fourth-order valence-electron chi connectivity index (χ4n) is 2.75. The van der Waals surface area contributed by atoms with Crippen molar-refractivity contribution in [1.82, 2.24) is 0 Å². The van der Waals surface area contributed by atoms with E-state index in [1.54, 1.807) is 30.5 Å². The van der Waals surface area contributed by atoms with Crippen LogP contribution in [-0.2, 0) is 16.0 Å². The Labute approximate surface area is 164 Å². The number of hydrogen-bond acceptors (Lipinski definition) is 4. The van der Waals surface area contributed by atoms with E-state index in [0.29, 0.717) is 17.1 Å². The lowest BCUT2D eigenvalue weighted by atomic mass is 9.94. The van der Waals surface area contributed by atoms with E-state index in [9.17, 15) is 9.35 Å². The summed E-state index contributed by atoms with van der Waals surface area (Å²) in [7, 11) is 0. The Morgan fingerprint density at radius 1 is 1.04 bits per heavy atom. The van der Waals surface area contributed by atoms with Crippen LogP contribution in [0.5, 0.6) is 11.5 Å². The average molecular weight is 432 g/mol. The zero-order valence-corrected chi connectivity index (χ0v) is 17.1. The third kappa shape index (κ3) is 3.92. The van der Waals surface area contributed by atoms with Crippen LogP contribution in [0.15, 0.2) is 64.1 Å². The van der Waals surface area contributed by atoms with Gasteiger partial charge in [0.05, 0.1) is 0 Å². The molecule has 3 rings (SSSR count). The van der Waals surface area contributed by atoms with Crippen molar-refractivity contribution in [2.24, 2.45) is 4.99 Å². The van der Waals surface area contributed by atoms with Gasteiger partial charge in [-0.1, -0.05) is 28.1 Å². The van der Waals surface area contributed by atoms with Crippen molar-refractivity contribution in [3.8, 4) is 11.5 Å². The first-order chi connectivity index (χ1) is 12.4. The summed E-state index contributed by atoms with van der Waals surface area (Å²) in [6, 6.07) is 14.5. The van der Waals surface area contributed by atoms with E-state index in [0.717, 1.165) is 21.9 Å². The molecule has 0 aliphatic carbocycles. The van der Waals surface area contributed by atoms with Crippen molar-refractivity contribution in [3.05, 3.63) is 59.8 Å². The molecule has 0 saturated carbocycles. The molecule has 2 aromatic rings. The van der Waals surface area contributed by atoms with E-state index in [-0.39, 0.29) is 10.6 Å². The second kappa shape index (κ2) is 7.78. The molecule has 0 amide bonds. The van der Waals surface area contributed by atoms with Crippen LogP contribution in [0.2, 0.25) is 0 Å². The molecule has 0 radical (unpaired) electrons. The molecule has 0 aromatic heterocycles. The molecule has 6 heteroatoms. The van der Waals surface area contributed by atoms with Crippen molar-refractivity contribution in [1.29, 1.82) is 0 Å². The Morgan fingerprint density at radius 3 is 2.12 bits per heavy atom. The summed E-state index contributed by atoms with van der Waals surface area (Å²) in [5, 5.41) is 0. The topological polar surface area (TPSA) is 61.7 Å². The molecule has 2 atom stereocenters. The standard InChI is InChI=1S/C20H18BrNO3S/c1-12-18(20(23)19(21)13(2)22-12)14-4-6-15(7-5-14)25-16-8-10-17(11-9-16)26(3)24/h4-11,19H,1-3H3. The first kappa shape index (κ1) is 18.9. The number of halogens is 1. The number of benzene rings is 2. The molecule has 0 N–H and O–H groups in total. The van der Waals surface area contributed by atoms with Gasteiger partial charge < -0.3 is 9.29 Å². The number of allylic oxidation sites excluding steroid dienone is 2. The first-order valence-electron chi connectivity index (χ1n) is 8.03. The lowest BCUT2D eigenvalue weighted by molar-refractivity contribution is -0.112. The van der Waals surface area contributed by atoms with Crippen molar-refractivity contribution >= 4 is 44.2 Å². The minimum Gasteiger partial charge on any atom is -0.612 e. The highest BCUT2D eigenvalue weighted by atomic mass is 79.9. The highest BCUT2D eigenvalue weighted by molar-refractivity contribution is 9.10. The number of ether oxygens (including phenoxy) is 1. The van der Waals surface area contributed by atoms with Crippen LogP contribution >= 0.6 is 15.9 Å². The molecule has 0 saturated heterocycles. The Balaban J connectivity index is 1.80. The molecular weight excluding hydrogens is 414 g/mol. The zero-order chi connectivity index (χ0) is 18.8. The Morgan fingerprint density at radius 2 is 1.58 bits per heavy atom. The van der Waals surface area contributed by atoms with Gasteiger partial charge in [-0.15, -0.1) is 0 Å². The molecule has 0 fully saturated rings.